The van der Waals surface area contributed by atoms with Gasteiger partial charge in [0.05, 0.1) is 12.7 Å². The standard InChI is InChI=1S/C12H17BFNO3/c1-9-7-15(4-5-18-9)8-10-2-3-11(14)6-12(10)13(16)17/h2-3,6,9,16-17H,4-5,7-8H2,1H3. The van der Waals surface area contributed by atoms with Crippen LogP contribution in [0.5, 0.6) is 0 Å². The molecule has 0 spiro atoms. The SMILES string of the molecule is CC1CN(Cc2ccc(F)cc2B(O)O)CCO1. The molecule has 1 unspecified atom stereocenters. The molecule has 6 heteroatoms. The monoisotopic (exact) mass is 253 g/mol. The van der Waals surface area contributed by atoms with Gasteiger partial charge in [0.2, 0.25) is 0 Å². The van der Waals surface area contributed by atoms with E-state index < -0.39 is 12.9 Å². The highest BCUT2D eigenvalue weighted by molar-refractivity contribution is 6.59. The zero-order valence-electron chi connectivity index (χ0n) is 10.3. The molecule has 1 aromatic carbocycles. The van der Waals surface area contributed by atoms with E-state index in [1.54, 1.807) is 6.07 Å². The molecule has 1 aliphatic rings. The Labute approximate surface area is 106 Å². The van der Waals surface area contributed by atoms with Gasteiger partial charge in [-0.25, -0.2) is 4.39 Å². The molecular weight excluding hydrogens is 236 g/mol. The van der Waals surface area contributed by atoms with Gasteiger partial charge in [0, 0.05) is 19.6 Å². The van der Waals surface area contributed by atoms with E-state index >= 15 is 0 Å². The third-order valence-corrected chi connectivity index (χ3v) is 3.11. The summed E-state index contributed by atoms with van der Waals surface area (Å²) in [7, 11) is -1.64. The molecule has 1 atom stereocenters. The first-order valence-corrected chi connectivity index (χ1v) is 6.04. The zero-order chi connectivity index (χ0) is 13.1. The Morgan fingerprint density at radius 3 is 2.94 bits per heavy atom. The summed E-state index contributed by atoms with van der Waals surface area (Å²) in [6.45, 7) is 4.82. The van der Waals surface area contributed by atoms with Gasteiger partial charge in [-0.3, -0.25) is 4.90 Å². The topological polar surface area (TPSA) is 52.9 Å². The summed E-state index contributed by atoms with van der Waals surface area (Å²) in [6, 6.07) is 4.11. The number of halogens is 1. The minimum atomic E-state index is -1.64. The van der Waals surface area contributed by atoms with Gasteiger partial charge in [0.1, 0.15) is 5.82 Å². The van der Waals surface area contributed by atoms with Gasteiger partial charge in [0.15, 0.2) is 0 Å². The van der Waals surface area contributed by atoms with Crippen LogP contribution < -0.4 is 5.46 Å². The molecule has 1 fully saturated rings. The molecule has 0 radical (unpaired) electrons. The number of nitrogens with zero attached hydrogens (tertiary/aromatic N) is 1. The van der Waals surface area contributed by atoms with Crippen LogP contribution in [0.4, 0.5) is 4.39 Å². The van der Waals surface area contributed by atoms with Crippen molar-refractivity contribution in [3.05, 3.63) is 29.6 Å². The summed E-state index contributed by atoms with van der Waals surface area (Å²) < 4.78 is 18.5. The lowest BCUT2D eigenvalue weighted by molar-refractivity contribution is -0.0211. The van der Waals surface area contributed by atoms with E-state index in [1.165, 1.54) is 12.1 Å². The van der Waals surface area contributed by atoms with Crippen LogP contribution in [0.1, 0.15) is 12.5 Å². The average molecular weight is 253 g/mol. The Morgan fingerprint density at radius 2 is 2.28 bits per heavy atom. The highest BCUT2D eigenvalue weighted by Gasteiger charge is 2.21. The Hall–Kier alpha value is -0.945. The predicted octanol–water partition coefficient (Wildman–Crippen LogP) is -0.274. The van der Waals surface area contributed by atoms with Gasteiger partial charge in [-0.1, -0.05) is 6.07 Å². The first kappa shape index (κ1) is 13.5. The van der Waals surface area contributed by atoms with Crippen molar-refractivity contribution in [3.63, 3.8) is 0 Å². The highest BCUT2D eigenvalue weighted by Crippen LogP contribution is 2.10. The van der Waals surface area contributed by atoms with Crippen molar-refractivity contribution < 1.29 is 19.2 Å². The maximum atomic E-state index is 13.1. The number of hydrogen-bond donors (Lipinski definition) is 2. The third-order valence-electron chi connectivity index (χ3n) is 3.11. The lowest BCUT2D eigenvalue weighted by Gasteiger charge is -2.31. The summed E-state index contributed by atoms with van der Waals surface area (Å²) in [5.74, 6) is -0.461. The summed E-state index contributed by atoms with van der Waals surface area (Å²) in [5.41, 5.74) is 0.967. The normalized spacial score (nSPS) is 21.0. The van der Waals surface area contributed by atoms with Crippen LogP contribution in [-0.2, 0) is 11.3 Å². The summed E-state index contributed by atoms with van der Waals surface area (Å²) in [5, 5.41) is 18.5. The first-order valence-electron chi connectivity index (χ1n) is 6.04. The molecule has 2 rings (SSSR count). The summed E-state index contributed by atoms with van der Waals surface area (Å²) >= 11 is 0. The van der Waals surface area contributed by atoms with Crippen molar-refractivity contribution in [3.8, 4) is 0 Å². The second kappa shape index (κ2) is 5.80. The fourth-order valence-corrected chi connectivity index (χ4v) is 2.23. The molecule has 0 aromatic heterocycles. The molecule has 0 aliphatic carbocycles. The van der Waals surface area contributed by atoms with E-state index in [1.807, 2.05) is 6.92 Å². The molecule has 98 valence electrons. The van der Waals surface area contributed by atoms with E-state index in [0.29, 0.717) is 13.2 Å². The number of hydrogen-bond acceptors (Lipinski definition) is 4. The Kier molecular flexibility index (Phi) is 4.34. The van der Waals surface area contributed by atoms with Crippen LogP contribution in [0.25, 0.3) is 0 Å². The van der Waals surface area contributed by atoms with Crippen LogP contribution in [0.2, 0.25) is 0 Å². The molecule has 1 aromatic rings. The highest BCUT2D eigenvalue weighted by atomic mass is 19.1. The van der Waals surface area contributed by atoms with Gasteiger partial charge in [-0.05, 0) is 30.1 Å². The quantitative estimate of drug-likeness (QED) is 0.728. The van der Waals surface area contributed by atoms with Gasteiger partial charge < -0.3 is 14.8 Å². The Bertz CT molecular complexity index is 416. The minimum absolute atomic E-state index is 0.168. The molecule has 0 bridgehead atoms. The van der Waals surface area contributed by atoms with Gasteiger partial charge in [0.25, 0.3) is 0 Å². The first-order chi connectivity index (χ1) is 8.56. The van der Waals surface area contributed by atoms with Crippen molar-refractivity contribution in [2.45, 2.75) is 19.6 Å². The summed E-state index contributed by atoms with van der Waals surface area (Å²) in [6.07, 6.45) is 0.168. The van der Waals surface area contributed by atoms with Gasteiger partial charge in [-0.2, -0.15) is 0 Å². The van der Waals surface area contributed by atoms with E-state index in [2.05, 4.69) is 4.90 Å². The molecular formula is C12H17BFNO3. The maximum absolute atomic E-state index is 13.1. The van der Waals surface area contributed by atoms with Gasteiger partial charge in [-0.15, -0.1) is 0 Å². The number of ether oxygens (including phenoxy) is 1. The molecule has 18 heavy (non-hydrogen) atoms. The van der Waals surface area contributed by atoms with Crippen molar-refractivity contribution in [1.29, 1.82) is 0 Å². The predicted molar refractivity (Wildman–Crippen MR) is 66.9 cm³/mol. The third kappa shape index (κ3) is 3.29. The zero-order valence-corrected chi connectivity index (χ0v) is 10.3. The largest absolute Gasteiger partial charge is 0.488 e. The van der Waals surface area contributed by atoms with Crippen molar-refractivity contribution in [2.75, 3.05) is 19.7 Å². The van der Waals surface area contributed by atoms with Crippen molar-refractivity contribution in [1.82, 2.24) is 4.90 Å². The van der Waals surface area contributed by atoms with Crippen molar-refractivity contribution in [2.24, 2.45) is 0 Å². The molecule has 2 N–H and O–H groups in total. The molecule has 1 heterocycles. The van der Waals surface area contributed by atoms with E-state index in [-0.39, 0.29) is 11.6 Å². The van der Waals surface area contributed by atoms with E-state index in [0.717, 1.165) is 18.7 Å². The number of rotatable bonds is 3. The second-order valence-electron chi connectivity index (χ2n) is 4.63. The number of benzene rings is 1. The van der Waals surface area contributed by atoms with Crippen LogP contribution >= 0.6 is 0 Å². The average Bonchev–Trinajstić information content (AvgIpc) is 2.31. The Balaban J connectivity index is 2.12. The maximum Gasteiger partial charge on any atom is 0.488 e. The van der Waals surface area contributed by atoms with Crippen LogP contribution in [0.3, 0.4) is 0 Å². The summed E-state index contributed by atoms with van der Waals surface area (Å²) in [4.78, 5) is 2.16. The lowest BCUT2D eigenvalue weighted by atomic mass is 9.77. The van der Waals surface area contributed by atoms with Gasteiger partial charge >= 0.3 is 7.12 Å². The Morgan fingerprint density at radius 1 is 1.50 bits per heavy atom. The molecule has 1 aliphatic heterocycles. The van der Waals surface area contributed by atoms with Crippen molar-refractivity contribution >= 4 is 12.6 Å². The fraction of sp³-hybridized carbons (Fsp3) is 0.500. The van der Waals surface area contributed by atoms with Crippen LogP contribution in [0.15, 0.2) is 18.2 Å². The lowest BCUT2D eigenvalue weighted by Crippen LogP contribution is -2.43. The molecule has 0 amide bonds. The number of morpholine rings is 1. The van der Waals surface area contributed by atoms with Crippen LogP contribution in [-0.4, -0.2) is 47.9 Å². The van der Waals surface area contributed by atoms with E-state index in [9.17, 15) is 14.4 Å². The molecule has 4 nitrogen and oxygen atoms in total. The second-order valence-corrected chi connectivity index (χ2v) is 4.63. The van der Waals surface area contributed by atoms with E-state index in [4.69, 9.17) is 4.74 Å². The molecule has 1 saturated heterocycles. The van der Waals surface area contributed by atoms with Crippen LogP contribution in [0, 0.1) is 5.82 Å². The fourth-order valence-electron chi connectivity index (χ4n) is 2.23. The minimum Gasteiger partial charge on any atom is -0.423 e. The molecule has 0 saturated carbocycles. The smallest absolute Gasteiger partial charge is 0.423 e.